The van der Waals surface area contributed by atoms with E-state index < -0.39 is 22.1 Å². The number of hydrogen-bond donors (Lipinski definition) is 3. The number of aryl methyl sites for hydroxylation is 1. The minimum atomic E-state index is -3.67. The number of fused-ring (bicyclic) bond motifs is 1. The maximum atomic E-state index is 12.5. The van der Waals surface area contributed by atoms with Crippen molar-refractivity contribution < 1.29 is 23.4 Å². The van der Waals surface area contributed by atoms with Crippen molar-refractivity contribution in [2.45, 2.75) is 36.2 Å². The normalized spacial score (nSPS) is 17.9. The molecule has 0 radical (unpaired) electrons. The number of hydrogen-bond acceptors (Lipinski definition) is 4. The lowest BCUT2D eigenvalue weighted by Gasteiger charge is -2.26. The lowest BCUT2D eigenvalue weighted by Crippen LogP contribution is -2.30. The molecule has 0 saturated carbocycles. The second-order valence-corrected chi connectivity index (χ2v) is 8.80. The van der Waals surface area contributed by atoms with E-state index >= 15 is 0 Å². The molecule has 2 aromatic carbocycles. The first-order valence-electron chi connectivity index (χ1n) is 8.57. The van der Waals surface area contributed by atoms with Gasteiger partial charge in [0.2, 0.25) is 10.0 Å². The SMILES string of the molecule is O=C(O)C(O)c1ccc2c(c1)CCCC2CNS(=O)(=O)c1cccc(Cl)c1. The van der Waals surface area contributed by atoms with E-state index in [4.69, 9.17) is 16.7 Å². The molecule has 2 aromatic rings. The highest BCUT2D eigenvalue weighted by atomic mass is 35.5. The van der Waals surface area contributed by atoms with Crippen LogP contribution in [0.5, 0.6) is 0 Å². The highest BCUT2D eigenvalue weighted by Crippen LogP contribution is 2.33. The Hall–Kier alpha value is -1.93. The molecule has 3 rings (SSSR count). The van der Waals surface area contributed by atoms with Crippen LogP contribution >= 0.6 is 11.6 Å². The molecule has 0 amide bonds. The highest BCUT2D eigenvalue weighted by molar-refractivity contribution is 7.89. The first kappa shape index (κ1) is 19.8. The Morgan fingerprint density at radius 3 is 2.74 bits per heavy atom. The van der Waals surface area contributed by atoms with Crippen LogP contribution in [0.3, 0.4) is 0 Å². The van der Waals surface area contributed by atoms with Gasteiger partial charge in [0.15, 0.2) is 6.10 Å². The minimum Gasteiger partial charge on any atom is -0.479 e. The summed E-state index contributed by atoms with van der Waals surface area (Å²) < 4.78 is 27.6. The predicted molar refractivity (Wildman–Crippen MR) is 101 cm³/mol. The molecule has 1 aliphatic rings. The largest absolute Gasteiger partial charge is 0.479 e. The number of carbonyl (C=O) groups is 1. The summed E-state index contributed by atoms with van der Waals surface area (Å²) >= 11 is 5.87. The van der Waals surface area contributed by atoms with Gasteiger partial charge in [0.25, 0.3) is 0 Å². The van der Waals surface area contributed by atoms with Gasteiger partial charge in [0.05, 0.1) is 4.90 Å². The van der Waals surface area contributed by atoms with Crippen LogP contribution in [0.4, 0.5) is 0 Å². The van der Waals surface area contributed by atoms with E-state index in [1.807, 2.05) is 0 Å². The van der Waals surface area contributed by atoms with E-state index in [2.05, 4.69) is 4.72 Å². The van der Waals surface area contributed by atoms with Crippen molar-refractivity contribution in [3.8, 4) is 0 Å². The molecule has 8 heteroatoms. The van der Waals surface area contributed by atoms with Gasteiger partial charge in [-0.25, -0.2) is 17.9 Å². The fraction of sp³-hybridized carbons (Fsp3) is 0.316. The Morgan fingerprint density at radius 2 is 2.04 bits per heavy atom. The predicted octanol–water partition coefficient (Wildman–Crippen LogP) is 2.86. The van der Waals surface area contributed by atoms with Gasteiger partial charge in [-0.3, -0.25) is 0 Å². The quantitative estimate of drug-likeness (QED) is 0.680. The Labute approximate surface area is 162 Å². The molecule has 0 aliphatic heterocycles. The number of carboxylic acid groups (broad SMARTS) is 1. The zero-order valence-electron chi connectivity index (χ0n) is 14.4. The van der Waals surface area contributed by atoms with Crippen LogP contribution in [-0.4, -0.2) is 31.1 Å². The monoisotopic (exact) mass is 409 g/mol. The number of nitrogens with one attached hydrogen (secondary N) is 1. The molecule has 2 unspecified atom stereocenters. The van der Waals surface area contributed by atoms with Crippen LogP contribution in [0, 0.1) is 0 Å². The average molecular weight is 410 g/mol. The number of rotatable bonds is 6. The molecule has 6 nitrogen and oxygen atoms in total. The molecule has 0 saturated heterocycles. The maximum Gasteiger partial charge on any atom is 0.337 e. The van der Waals surface area contributed by atoms with Gasteiger partial charge < -0.3 is 10.2 Å². The van der Waals surface area contributed by atoms with Crippen molar-refractivity contribution in [3.63, 3.8) is 0 Å². The Kier molecular flexibility index (Phi) is 5.86. The summed E-state index contributed by atoms with van der Waals surface area (Å²) in [6.07, 6.45) is 0.902. The molecule has 0 bridgehead atoms. The van der Waals surface area contributed by atoms with Crippen molar-refractivity contribution in [1.82, 2.24) is 4.72 Å². The zero-order valence-corrected chi connectivity index (χ0v) is 16.0. The van der Waals surface area contributed by atoms with Crippen molar-refractivity contribution in [3.05, 3.63) is 64.2 Å². The van der Waals surface area contributed by atoms with Gasteiger partial charge in [0, 0.05) is 11.6 Å². The number of halogens is 1. The lowest BCUT2D eigenvalue weighted by atomic mass is 9.82. The van der Waals surface area contributed by atoms with E-state index in [0.29, 0.717) is 10.6 Å². The number of benzene rings is 2. The number of aliphatic hydroxyl groups excluding tert-OH is 1. The Balaban J connectivity index is 1.77. The fourth-order valence-electron chi connectivity index (χ4n) is 3.39. The van der Waals surface area contributed by atoms with Crippen LogP contribution in [0.2, 0.25) is 5.02 Å². The van der Waals surface area contributed by atoms with Crippen LogP contribution < -0.4 is 4.72 Å². The molecule has 3 N–H and O–H groups in total. The Morgan fingerprint density at radius 1 is 1.26 bits per heavy atom. The van der Waals surface area contributed by atoms with Gasteiger partial charge in [0.1, 0.15) is 0 Å². The molecular weight excluding hydrogens is 390 g/mol. The van der Waals surface area contributed by atoms with Crippen molar-refractivity contribution in [1.29, 1.82) is 0 Å². The molecule has 144 valence electrons. The maximum absolute atomic E-state index is 12.5. The molecule has 0 fully saturated rings. The summed E-state index contributed by atoms with van der Waals surface area (Å²) in [7, 11) is -3.67. The third-order valence-electron chi connectivity index (χ3n) is 4.78. The number of aliphatic carboxylic acids is 1. The van der Waals surface area contributed by atoms with Gasteiger partial charge in [-0.05, 0) is 60.1 Å². The standard InChI is InChI=1S/C19H20ClNO5S/c20-15-5-2-6-16(10-15)27(25,26)21-11-14-4-1-3-12-9-13(7-8-17(12)14)18(22)19(23)24/h2,5-10,14,18,21-22H,1,3-4,11H2,(H,23,24). The van der Waals surface area contributed by atoms with E-state index in [1.54, 1.807) is 30.3 Å². The van der Waals surface area contributed by atoms with Gasteiger partial charge in [-0.15, -0.1) is 0 Å². The van der Waals surface area contributed by atoms with Crippen LogP contribution in [-0.2, 0) is 21.2 Å². The number of carboxylic acids is 1. The second kappa shape index (κ2) is 7.98. The second-order valence-electron chi connectivity index (χ2n) is 6.60. The first-order chi connectivity index (χ1) is 12.8. The van der Waals surface area contributed by atoms with Gasteiger partial charge in [-0.2, -0.15) is 0 Å². The smallest absolute Gasteiger partial charge is 0.337 e. The molecule has 0 aromatic heterocycles. The molecule has 1 aliphatic carbocycles. The Bertz CT molecular complexity index is 960. The van der Waals surface area contributed by atoms with E-state index in [0.717, 1.165) is 30.4 Å². The van der Waals surface area contributed by atoms with E-state index in [1.165, 1.54) is 12.1 Å². The number of aliphatic hydroxyl groups is 1. The van der Waals surface area contributed by atoms with E-state index in [-0.39, 0.29) is 17.4 Å². The molecular formula is C19H20ClNO5S. The summed E-state index contributed by atoms with van der Waals surface area (Å²) in [5, 5.41) is 19.0. The van der Waals surface area contributed by atoms with Gasteiger partial charge in [-0.1, -0.05) is 35.9 Å². The zero-order chi connectivity index (χ0) is 19.6. The van der Waals surface area contributed by atoms with Crippen molar-refractivity contribution in [2.24, 2.45) is 0 Å². The third kappa shape index (κ3) is 4.50. The summed E-state index contributed by atoms with van der Waals surface area (Å²) in [5.74, 6) is -1.31. The van der Waals surface area contributed by atoms with Crippen LogP contribution in [0.25, 0.3) is 0 Å². The molecule has 0 heterocycles. The summed E-state index contributed by atoms with van der Waals surface area (Å²) in [5.41, 5.74) is 2.27. The molecule has 27 heavy (non-hydrogen) atoms. The van der Waals surface area contributed by atoms with Crippen LogP contribution in [0.15, 0.2) is 47.4 Å². The average Bonchev–Trinajstić information content (AvgIpc) is 2.65. The number of sulfonamides is 1. The van der Waals surface area contributed by atoms with E-state index in [9.17, 15) is 18.3 Å². The van der Waals surface area contributed by atoms with Crippen molar-refractivity contribution in [2.75, 3.05) is 6.54 Å². The summed E-state index contributed by atoms with van der Waals surface area (Å²) in [6, 6.07) is 11.2. The summed E-state index contributed by atoms with van der Waals surface area (Å²) in [4.78, 5) is 11.1. The van der Waals surface area contributed by atoms with Crippen molar-refractivity contribution >= 4 is 27.6 Å². The molecule has 2 atom stereocenters. The fourth-order valence-corrected chi connectivity index (χ4v) is 4.77. The topological polar surface area (TPSA) is 104 Å². The van der Waals surface area contributed by atoms with Crippen LogP contribution in [0.1, 0.15) is 41.6 Å². The first-order valence-corrected chi connectivity index (χ1v) is 10.4. The molecule has 0 spiro atoms. The minimum absolute atomic E-state index is 0.0151. The third-order valence-corrected chi connectivity index (χ3v) is 6.44. The van der Waals surface area contributed by atoms with Gasteiger partial charge >= 0.3 is 5.97 Å². The summed E-state index contributed by atoms with van der Waals surface area (Å²) in [6.45, 7) is 0.239. The lowest BCUT2D eigenvalue weighted by molar-refractivity contribution is -0.146. The highest BCUT2D eigenvalue weighted by Gasteiger charge is 2.25.